The molecule has 0 heterocycles. The van der Waals surface area contributed by atoms with E-state index in [1.807, 2.05) is 48.2 Å². The Balaban J connectivity index is 1.39. The van der Waals surface area contributed by atoms with E-state index in [-0.39, 0.29) is 18.7 Å². The van der Waals surface area contributed by atoms with E-state index >= 15 is 0 Å². The van der Waals surface area contributed by atoms with Crippen LogP contribution in [0.3, 0.4) is 0 Å². The fourth-order valence-corrected chi connectivity index (χ4v) is 4.43. The van der Waals surface area contributed by atoms with Gasteiger partial charge in [0.05, 0.1) is 25.4 Å². The molecule has 0 radical (unpaired) electrons. The number of aliphatic hydroxyl groups excluding tert-OH is 1. The summed E-state index contributed by atoms with van der Waals surface area (Å²) < 4.78 is 11.3. The Hall–Kier alpha value is -2.02. The molecule has 1 aliphatic rings. The predicted molar refractivity (Wildman–Crippen MR) is 120 cm³/mol. The van der Waals surface area contributed by atoms with Crippen LogP contribution < -0.4 is 0 Å². The fraction of sp³-hybridized carbons (Fsp3) is 0.458. The van der Waals surface area contributed by atoms with Crippen LogP contribution in [-0.2, 0) is 21.8 Å². The molecule has 1 fully saturated rings. The van der Waals surface area contributed by atoms with Crippen molar-refractivity contribution < 1.29 is 19.4 Å². The third kappa shape index (κ3) is 7.35. The number of carbonyl (C=O) groups is 1. The first kappa shape index (κ1) is 22.7. The third-order valence-corrected chi connectivity index (χ3v) is 6.24. The number of rotatable bonds is 11. The minimum atomic E-state index is -0.490. The minimum Gasteiger partial charge on any atom is -0.445 e. The topological polar surface area (TPSA) is 59.0 Å². The van der Waals surface area contributed by atoms with E-state index in [2.05, 4.69) is 24.3 Å². The molecular formula is C24H31NO4S. The van der Waals surface area contributed by atoms with Gasteiger partial charge in [-0.05, 0) is 30.4 Å². The Morgan fingerprint density at radius 2 is 1.70 bits per heavy atom. The maximum Gasteiger partial charge on any atom is 0.410 e. The largest absolute Gasteiger partial charge is 0.445 e. The van der Waals surface area contributed by atoms with Gasteiger partial charge in [-0.25, -0.2) is 4.79 Å². The molecule has 0 bridgehead atoms. The molecule has 1 amide bonds. The van der Waals surface area contributed by atoms with E-state index in [0.29, 0.717) is 19.8 Å². The van der Waals surface area contributed by atoms with Gasteiger partial charge in [-0.3, -0.25) is 0 Å². The van der Waals surface area contributed by atoms with Gasteiger partial charge < -0.3 is 19.5 Å². The van der Waals surface area contributed by atoms with Gasteiger partial charge in [0.15, 0.2) is 0 Å². The molecule has 0 aromatic heterocycles. The lowest BCUT2D eigenvalue weighted by Crippen LogP contribution is -2.46. The number of hydrogen-bond donors (Lipinski definition) is 1. The highest BCUT2D eigenvalue weighted by Crippen LogP contribution is 2.25. The van der Waals surface area contributed by atoms with Gasteiger partial charge in [0.25, 0.3) is 0 Å². The van der Waals surface area contributed by atoms with Gasteiger partial charge in [0.1, 0.15) is 6.61 Å². The van der Waals surface area contributed by atoms with Crippen molar-refractivity contribution in [1.29, 1.82) is 0 Å². The second kappa shape index (κ2) is 12.6. The SMILES string of the molecule is O=C(OCc1ccccc1)N(CCOCCSCc1ccccc1)C1CCCC1O. The molecule has 3 rings (SSSR count). The van der Waals surface area contributed by atoms with Gasteiger partial charge in [0, 0.05) is 18.1 Å². The highest BCUT2D eigenvalue weighted by molar-refractivity contribution is 7.98. The Labute approximate surface area is 183 Å². The molecule has 1 saturated carbocycles. The zero-order valence-corrected chi connectivity index (χ0v) is 18.1. The lowest BCUT2D eigenvalue weighted by molar-refractivity contribution is 0.0279. The van der Waals surface area contributed by atoms with Crippen LogP contribution >= 0.6 is 11.8 Å². The average Bonchev–Trinajstić information content (AvgIpc) is 3.21. The Kier molecular flexibility index (Phi) is 9.54. The summed E-state index contributed by atoms with van der Waals surface area (Å²) in [6.07, 6.45) is 1.58. The standard InChI is InChI=1S/C24H31NO4S/c26-23-13-7-12-22(23)25(24(27)29-18-20-8-3-1-4-9-20)14-15-28-16-17-30-19-21-10-5-2-6-11-21/h1-6,8-11,22-23,26H,7,12-19H2. The second-order valence-electron chi connectivity index (χ2n) is 7.45. The van der Waals surface area contributed by atoms with Crippen LogP contribution in [0.5, 0.6) is 0 Å². The molecule has 6 heteroatoms. The van der Waals surface area contributed by atoms with E-state index < -0.39 is 6.10 Å². The van der Waals surface area contributed by atoms with Crippen LogP contribution in [0.15, 0.2) is 60.7 Å². The Morgan fingerprint density at radius 1 is 1.00 bits per heavy atom. The highest BCUT2D eigenvalue weighted by Gasteiger charge is 2.34. The number of thioether (sulfide) groups is 1. The van der Waals surface area contributed by atoms with Crippen molar-refractivity contribution in [2.45, 2.75) is 43.8 Å². The van der Waals surface area contributed by atoms with Crippen LogP contribution in [0.4, 0.5) is 4.79 Å². The van der Waals surface area contributed by atoms with E-state index in [4.69, 9.17) is 9.47 Å². The van der Waals surface area contributed by atoms with Crippen LogP contribution in [0.1, 0.15) is 30.4 Å². The Morgan fingerprint density at radius 3 is 2.37 bits per heavy atom. The van der Waals surface area contributed by atoms with Crippen molar-refractivity contribution >= 4 is 17.9 Å². The zero-order valence-electron chi connectivity index (χ0n) is 17.3. The van der Waals surface area contributed by atoms with Crippen molar-refractivity contribution in [3.8, 4) is 0 Å². The van der Waals surface area contributed by atoms with Crippen molar-refractivity contribution in [2.75, 3.05) is 25.5 Å². The van der Waals surface area contributed by atoms with E-state index in [1.54, 1.807) is 4.90 Å². The van der Waals surface area contributed by atoms with Crippen molar-refractivity contribution in [1.82, 2.24) is 4.90 Å². The number of carbonyl (C=O) groups excluding carboxylic acids is 1. The minimum absolute atomic E-state index is 0.190. The van der Waals surface area contributed by atoms with E-state index in [0.717, 1.165) is 36.3 Å². The summed E-state index contributed by atoms with van der Waals surface area (Å²) in [6, 6.07) is 19.8. The summed E-state index contributed by atoms with van der Waals surface area (Å²) in [5, 5.41) is 10.3. The number of ether oxygens (including phenoxy) is 2. The van der Waals surface area contributed by atoms with Gasteiger partial charge in [-0.15, -0.1) is 0 Å². The number of aliphatic hydroxyl groups is 1. The lowest BCUT2D eigenvalue weighted by Gasteiger charge is -2.30. The molecular weight excluding hydrogens is 398 g/mol. The normalized spacial score (nSPS) is 18.3. The zero-order chi connectivity index (χ0) is 21.0. The number of hydrogen-bond acceptors (Lipinski definition) is 5. The molecule has 1 aliphatic carbocycles. The summed E-state index contributed by atoms with van der Waals surface area (Å²) in [6.45, 7) is 1.74. The predicted octanol–water partition coefficient (Wildman–Crippen LogP) is 4.49. The summed E-state index contributed by atoms with van der Waals surface area (Å²) in [5.41, 5.74) is 2.26. The first-order chi connectivity index (χ1) is 14.7. The molecule has 1 N–H and O–H groups in total. The van der Waals surface area contributed by atoms with Gasteiger partial charge in [-0.1, -0.05) is 60.7 Å². The third-order valence-electron chi connectivity index (χ3n) is 5.24. The molecule has 30 heavy (non-hydrogen) atoms. The van der Waals surface area contributed by atoms with Crippen LogP contribution in [-0.4, -0.2) is 53.8 Å². The van der Waals surface area contributed by atoms with Gasteiger partial charge >= 0.3 is 6.09 Å². The lowest BCUT2D eigenvalue weighted by atomic mass is 10.2. The average molecular weight is 430 g/mol. The van der Waals surface area contributed by atoms with E-state index in [9.17, 15) is 9.90 Å². The first-order valence-electron chi connectivity index (χ1n) is 10.6. The summed E-state index contributed by atoms with van der Waals surface area (Å²) >= 11 is 1.83. The van der Waals surface area contributed by atoms with Crippen molar-refractivity contribution in [3.05, 3.63) is 71.8 Å². The monoisotopic (exact) mass is 429 g/mol. The van der Waals surface area contributed by atoms with Crippen molar-refractivity contribution in [2.24, 2.45) is 0 Å². The summed E-state index contributed by atoms with van der Waals surface area (Å²) in [5.74, 6) is 1.87. The van der Waals surface area contributed by atoms with Gasteiger partial charge in [-0.2, -0.15) is 11.8 Å². The summed E-state index contributed by atoms with van der Waals surface area (Å²) in [4.78, 5) is 14.4. The Bertz CT molecular complexity index is 743. The molecule has 0 spiro atoms. The quantitative estimate of drug-likeness (QED) is 0.534. The second-order valence-corrected chi connectivity index (χ2v) is 8.55. The van der Waals surface area contributed by atoms with Crippen LogP contribution in [0.25, 0.3) is 0 Å². The first-order valence-corrected chi connectivity index (χ1v) is 11.7. The molecule has 2 aromatic rings. The maximum absolute atomic E-state index is 12.7. The van der Waals surface area contributed by atoms with Crippen LogP contribution in [0, 0.1) is 0 Å². The molecule has 2 atom stereocenters. The van der Waals surface area contributed by atoms with E-state index in [1.165, 1.54) is 5.56 Å². The maximum atomic E-state index is 12.7. The van der Waals surface area contributed by atoms with Crippen LogP contribution in [0.2, 0.25) is 0 Å². The number of nitrogens with zero attached hydrogens (tertiary/aromatic N) is 1. The molecule has 2 unspecified atom stereocenters. The molecule has 162 valence electrons. The molecule has 0 saturated heterocycles. The number of benzene rings is 2. The van der Waals surface area contributed by atoms with Gasteiger partial charge in [0.2, 0.25) is 0 Å². The molecule has 5 nitrogen and oxygen atoms in total. The molecule has 2 aromatic carbocycles. The summed E-state index contributed by atoms with van der Waals surface area (Å²) in [7, 11) is 0. The van der Waals surface area contributed by atoms with Crippen molar-refractivity contribution in [3.63, 3.8) is 0 Å². The molecule has 0 aliphatic heterocycles. The smallest absolute Gasteiger partial charge is 0.410 e. The highest BCUT2D eigenvalue weighted by atomic mass is 32.2. The fourth-order valence-electron chi connectivity index (χ4n) is 3.63. The number of amides is 1.